The molecule has 0 fully saturated rings. The Labute approximate surface area is 67.8 Å². The van der Waals surface area contributed by atoms with Gasteiger partial charge in [0.05, 0.1) is 0 Å². The number of methoxy groups -OCH3 is 2. The molecule has 0 aromatic carbocycles. The molecule has 0 atom stereocenters. The first-order valence-electron chi connectivity index (χ1n) is 3.22. The summed E-state index contributed by atoms with van der Waals surface area (Å²) >= 11 is 0. The first kappa shape index (κ1) is 10.4. The van der Waals surface area contributed by atoms with Crippen LogP contribution >= 0.6 is 0 Å². The number of hydrogen-bond donors (Lipinski definition) is 1. The maximum Gasteiger partial charge on any atom is 0.402 e. The van der Waals surface area contributed by atoms with Crippen LogP contribution < -0.4 is 0 Å². The van der Waals surface area contributed by atoms with Crippen LogP contribution in [0.3, 0.4) is 0 Å². The predicted octanol–water partition coefficient (Wildman–Crippen LogP) is -0.325. The molecule has 1 N–H and O–H groups in total. The summed E-state index contributed by atoms with van der Waals surface area (Å²) in [5.41, 5.74) is 0. The van der Waals surface area contributed by atoms with Crippen LogP contribution in [0.2, 0.25) is 6.55 Å². The summed E-state index contributed by atoms with van der Waals surface area (Å²) in [6.07, 6.45) is -1.74. The van der Waals surface area contributed by atoms with Crippen LogP contribution in [0, 0.1) is 0 Å². The lowest BCUT2D eigenvalue weighted by Crippen LogP contribution is -2.43. The third-order valence-electron chi connectivity index (χ3n) is 1.24. The van der Waals surface area contributed by atoms with Gasteiger partial charge in [0.25, 0.3) is 0 Å². The van der Waals surface area contributed by atoms with E-state index in [-0.39, 0.29) is 0 Å². The van der Waals surface area contributed by atoms with E-state index in [1.807, 2.05) is 6.55 Å². The van der Waals surface area contributed by atoms with Gasteiger partial charge in [-0.05, 0) is 0 Å². The molecule has 11 heavy (non-hydrogen) atoms. The van der Waals surface area contributed by atoms with Crippen LogP contribution in [0.25, 0.3) is 0 Å². The molecule has 0 bridgehead atoms. The van der Waals surface area contributed by atoms with Crippen molar-refractivity contribution in [1.82, 2.24) is 4.57 Å². The minimum Gasteiger partial charge on any atom is -0.465 e. The van der Waals surface area contributed by atoms with E-state index in [1.54, 1.807) is 0 Å². The molecule has 1 amide bonds. The lowest BCUT2D eigenvalue weighted by molar-refractivity contribution is -0.156. The van der Waals surface area contributed by atoms with Crippen LogP contribution in [0.15, 0.2) is 0 Å². The maximum atomic E-state index is 10.5. The fourth-order valence-electron chi connectivity index (χ4n) is 0.725. The average molecular weight is 179 g/mol. The number of rotatable bonds is 4. The van der Waals surface area contributed by atoms with Crippen LogP contribution in [-0.4, -0.2) is 46.1 Å². The zero-order valence-corrected chi connectivity index (χ0v) is 8.32. The second kappa shape index (κ2) is 5.11. The molecule has 0 saturated heterocycles. The van der Waals surface area contributed by atoms with E-state index in [4.69, 9.17) is 14.6 Å². The van der Waals surface area contributed by atoms with Crippen molar-refractivity contribution < 1.29 is 19.4 Å². The van der Waals surface area contributed by atoms with E-state index >= 15 is 0 Å². The third-order valence-corrected chi connectivity index (χ3v) is 2.49. The Hall–Kier alpha value is -0.593. The lowest BCUT2D eigenvalue weighted by Gasteiger charge is -2.25. The van der Waals surface area contributed by atoms with Gasteiger partial charge in [0.2, 0.25) is 6.41 Å². The van der Waals surface area contributed by atoms with Gasteiger partial charge in [0.1, 0.15) is 9.68 Å². The van der Waals surface area contributed by atoms with E-state index in [9.17, 15) is 4.79 Å². The Balaban J connectivity index is 4.09. The molecule has 0 aliphatic carbocycles. The molecule has 66 valence electrons. The molecule has 0 heterocycles. The second-order valence-electron chi connectivity index (χ2n) is 1.85. The summed E-state index contributed by atoms with van der Waals surface area (Å²) in [6, 6.07) is 0. The summed E-state index contributed by atoms with van der Waals surface area (Å²) in [4.78, 5) is 10.5. The van der Waals surface area contributed by atoms with E-state index in [2.05, 4.69) is 0 Å². The third kappa shape index (κ3) is 2.87. The van der Waals surface area contributed by atoms with Gasteiger partial charge in [-0.3, -0.25) is 4.57 Å². The van der Waals surface area contributed by atoms with Crippen molar-refractivity contribution in [2.24, 2.45) is 0 Å². The van der Waals surface area contributed by atoms with Gasteiger partial charge in [0, 0.05) is 14.2 Å². The molecule has 6 heteroatoms. The van der Waals surface area contributed by atoms with Gasteiger partial charge >= 0.3 is 6.09 Å². The van der Waals surface area contributed by atoms with Crippen LogP contribution in [0.4, 0.5) is 4.79 Å². The van der Waals surface area contributed by atoms with E-state index in [1.165, 1.54) is 18.8 Å². The van der Waals surface area contributed by atoms with Crippen molar-refractivity contribution in [2.75, 3.05) is 14.2 Å². The molecular weight excluding hydrogens is 166 g/mol. The zero-order chi connectivity index (χ0) is 8.85. The highest BCUT2D eigenvalue weighted by molar-refractivity contribution is 6.34. The average Bonchev–Trinajstić information content (AvgIpc) is 1.99. The van der Waals surface area contributed by atoms with Gasteiger partial charge in [-0.2, -0.15) is 0 Å². The molecule has 0 radical (unpaired) electrons. The minimum atomic E-state index is -0.993. The smallest absolute Gasteiger partial charge is 0.402 e. The van der Waals surface area contributed by atoms with Gasteiger partial charge < -0.3 is 14.6 Å². The van der Waals surface area contributed by atoms with Gasteiger partial charge in [-0.15, -0.1) is 0 Å². The second-order valence-corrected chi connectivity index (χ2v) is 3.16. The largest absolute Gasteiger partial charge is 0.465 e. The Morgan fingerprint density at radius 2 is 2.00 bits per heavy atom. The van der Waals surface area contributed by atoms with Crippen LogP contribution in [0.1, 0.15) is 0 Å². The number of carbonyl (C=O) groups is 1. The van der Waals surface area contributed by atoms with Crippen molar-refractivity contribution in [3.05, 3.63) is 0 Å². The lowest BCUT2D eigenvalue weighted by atomic mass is 10.9. The highest BCUT2D eigenvalue weighted by atomic mass is 28.2. The molecule has 0 saturated carbocycles. The predicted molar refractivity (Wildman–Crippen MR) is 42.1 cm³/mol. The number of amides is 1. The Morgan fingerprint density at radius 1 is 1.55 bits per heavy atom. The molecule has 0 aromatic heterocycles. The Morgan fingerprint density at radius 3 is 2.09 bits per heavy atom. The number of nitrogens with zero attached hydrogens (tertiary/aromatic N) is 1. The van der Waals surface area contributed by atoms with Crippen LogP contribution in [0.5, 0.6) is 0 Å². The van der Waals surface area contributed by atoms with Crippen molar-refractivity contribution >= 4 is 15.8 Å². The number of hydrogen-bond acceptors (Lipinski definition) is 3. The molecule has 0 aromatic rings. The van der Waals surface area contributed by atoms with Gasteiger partial charge in [-0.1, -0.05) is 6.55 Å². The van der Waals surface area contributed by atoms with E-state index in [0.717, 1.165) is 0 Å². The molecular formula is C5H13NO4Si. The summed E-state index contributed by atoms with van der Waals surface area (Å²) in [5, 5.41) is 8.61. The summed E-state index contributed by atoms with van der Waals surface area (Å²) < 4.78 is 10.7. The van der Waals surface area contributed by atoms with E-state index < -0.39 is 22.2 Å². The fourth-order valence-corrected chi connectivity index (χ4v) is 1.59. The van der Waals surface area contributed by atoms with E-state index in [0.29, 0.717) is 0 Å². The summed E-state index contributed by atoms with van der Waals surface area (Å²) in [6.45, 7) is 1.85. The van der Waals surface area contributed by atoms with Crippen LogP contribution in [-0.2, 0) is 9.47 Å². The molecule has 0 aliphatic heterocycles. The monoisotopic (exact) mass is 179 g/mol. The minimum absolute atomic E-state index is 0.746. The topological polar surface area (TPSA) is 59.0 Å². The molecule has 0 aliphatic rings. The first-order valence-corrected chi connectivity index (χ1v) is 5.27. The quantitative estimate of drug-likeness (QED) is 0.474. The molecule has 0 rings (SSSR count). The molecule has 5 nitrogen and oxygen atoms in total. The Kier molecular flexibility index (Phi) is 4.83. The summed E-state index contributed by atoms with van der Waals surface area (Å²) in [5.74, 6) is 0. The van der Waals surface area contributed by atoms with Crippen molar-refractivity contribution in [3.8, 4) is 0 Å². The fraction of sp³-hybridized carbons (Fsp3) is 0.800. The zero-order valence-electron chi connectivity index (χ0n) is 6.90. The first-order chi connectivity index (χ1) is 5.17. The van der Waals surface area contributed by atoms with Crippen molar-refractivity contribution in [2.45, 2.75) is 13.0 Å². The van der Waals surface area contributed by atoms with Gasteiger partial charge in [0.15, 0.2) is 0 Å². The SMILES string of the molecule is COC(OC)N([SiH2]C)C(=O)O. The number of ether oxygens (including phenoxy) is 2. The normalized spacial score (nSPS) is 11.3. The Bertz CT molecular complexity index is 128. The maximum absolute atomic E-state index is 10.5. The van der Waals surface area contributed by atoms with Gasteiger partial charge in [-0.25, -0.2) is 4.79 Å². The number of carboxylic acid groups (broad SMARTS) is 1. The van der Waals surface area contributed by atoms with Crippen molar-refractivity contribution in [3.63, 3.8) is 0 Å². The highest BCUT2D eigenvalue weighted by Gasteiger charge is 2.19. The highest BCUT2D eigenvalue weighted by Crippen LogP contribution is 1.99. The standard InChI is InChI=1S/C5H13NO4Si/c1-9-5(10-2)6(11-3)4(7)8/h5H,11H2,1-3H3,(H,7,8). The molecule has 0 spiro atoms. The van der Waals surface area contributed by atoms with Crippen molar-refractivity contribution in [1.29, 1.82) is 0 Å². The summed E-state index contributed by atoms with van der Waals surface area (Å²) in [7, 11) is 2.02. The molecule has 0 unspecified atom stereocenters.